The number of hydrogen-bond donors (Lipinski definition) is 2. The molecule has 0 aliphatic rings. The third-order valence-corrected chi connectivity index (χ3v) is 5.25. The van der Waals surface area contributed by atoms with E-state index < -0.39 is 20.9 Å². The zero-order valence-electron chi connectivity index (χ0n) is 13.8. The van der Waals surface area contributed by atoms with E-state index in [4.69, 9.17) is 5.14 Å². The van der Waals surface area contributed by atoms with E-state index in [0.29, 0.717) is 6.42 Å². The van der Waals surface area contributed by atoms with Gasteiger partial charge >= 0.3 is 0 Å². The summed E-state index contributed by atoms with van der Waals surface area (Å²) < 4.78 is 22.4. The van der Waals surface area contributed by atoms with Gasteiger partial charge in [-0.25, -0.2) is 13.6 Å². The van der Waals surface area contributed by atoms with Crippen molar-refractivity contribution in [2.24, 2.45) is 5.14 Å². The van der Waals surface area contributed by atoms with Gasteiger partial charge in [0.15, 0.2) is 0 Å². The van der Waals surface area contributed by atoms with Gasteiger partial charge in [0, 0.05) is 17.5 Å². The van der Waals surface area contributed by atoms with Gasteiger partial charge < -0.3 is 5.32 Å². The Labute approximate surface area is 155 Å². The number of carbonyl (C=O) groups excluding carboxylic acids is 1. The highest BCUT2D eigenvalue weighted by atomic mass is 32.2. The van der Waals surface area contributed by atoms with Crippen LogP contribution in [0.2, 0.25) is 0 Å². The van der Waals surface area contributed by atoms with Crippen LogP contribution in [-0.4, -0.2) is 32.0 Å². The standard InChI is InChI=1S/C16H17N3O5S2/c1-25-12-4-7-15(19(21)22)14(10-12)16(20)18-9-8-11-2-5-13(6-3-11)26(17,23)24/h2-7,10H,8-9H2,1H3,(H,18,20)(H2,17,23,24). The second-order valence-electron chi connectivity index (χ2n) is 5.34. The molecule has 0 saturated carbocycles. The number of carbonyl (C=O) groups is 1. The van der Waals surface area contributed by atoms with Crippen LogP contribution in [0.1, 0.15) is 15.9 Å². The predicted molar refractivity (Wildman–Crippen MR) is 98.7 cm³/mol. The molecule has 2 aromatic rings. The number of nitrogens with one attached hydrogen (secondary N) is 1. The van der Waals surface area contributed by atoms with Crippen LogP contribution in [0, 0.1) is 10.1 Å². The Morgan fingerprint density at radius 2 is 1.88 bits per heavy atom. The fraction of sp³-hybridized carbons (Fsp3) is 0.188. The summed E-state index contributed by atoms with van der Waals surface area (Å²) in [6, 6.07) is 10.4. The maximum Gasteiger partial charge on any atom is 0.282 e. The summed E-state index contributed by atoms with van der Waals surface area (Å²) in [6.07, 6.45) is 2.25. The molecule has 0 aliphatic carbocycles. The van der Waals surface area contributed by atoms with Gasteiger partial charge in [0.05, 0.1) is 9.82 Å². The van der Waals surface area contributed by atoms with Crippen molar-refractivity contribution >= 4 is 33.4 Å². The zero-order valence-corrected chi connectivity index (χ0v) is 15.5. The third-order valence-electron chi connectivity index (χ3n) is 3.60. The molecule has 0 unspecified atom stereocenters. The van der Waals surface area contributed by atoms with Crippen LogP contribution in [0.4, 0.5) is 5.69 Å². The van der Waals surface area contributed by atoms with E-state index in [2.05, 4.69) is 5.32 Å². The number of rotatable bonds is 7. The lowest BCUT2D eigenvalue weighted by Crippen LogP contribution is -2.26. The molecule has 0 heterocycles. The molecule has 0 bridgehead atoms. The molecule has 10 heteroatoms. The summed E-state index contributed by atoms with van der Waals surface area (Å²) in [5.74, 6) is -0.534. The lowest BCUT2D eigenvalue weighted by molar-refractivity contribution is -0.385. The molecule has 1 amide bonds. The van der Waals surface area contributed by atoms with Gasteiger partial charge in [-0.2, -0.15) is 0 Å². The van der Waals surface area contributed by atoms with E-state index in [0.717, 1.165) is 10.5 Å². The Morgan fingerprint density at radius 1 is 1.23 bits per heavy atom. The molecule has 3 N–H and O–H groups in total. The number of nitrogens with zero attached hydrogens (tertiary/aromatic N) is 1. The van der Waals surface area contributed by atoms with E-state index in [1.165, 1.54) is 36.0 Å². The second-order valence-corrected chi connectivity index (χ2v) is 7.78. The Hall–Kier alpha value is -2.43. The normalized spacial score (nSPS) is 11.2. The molecule has 0 fully saturated rings. The molecule has 26 heavy (non-hydrogen) atoms. The Balaban J connectivity index is 2.04. The van der Waals surface area contributed by atoms with Crippen LogP contribution >= 0.6 is 11.8 Å². The number of nitro benzene ring substituents is 1. The SMILES string of the molecule is CSc1ccc([N+](=O)[O-])c(C(=O)NCCc2ccc(S(N)(=O)=O)cc2)c1. The van der Waals surface area contributed by atoms with Gasteiger partial charge in [0.1, 0.15) is 5.56 Å². The monoisotopic (exact) mass is 395 g/mol. The molecular weight excluding hydrogens is 378 g/mol. The van der Waals surface area contributed by atoms with Crippen LogP contribution in [0.3, 0.4) is 0 Å². The largest absolute Gasteiger partial charge is 0.351 e. The van der Waals surface area contributed by atoms with Crippen LogP contribution in [0.25, 0.3) is 0 Å². The number of nitro groups is 1. The van der Waals surface area contributed by atoms with Crippen molar-refractivity contribution in [1.29, 1.82) is 0 Å². The summed E-state index contributed by atoms with van der Waals surface area (Å²) in [6.45, 7) is 0.244. The molecule has 0 spiro atoms. The average Bonchev–Trinajstić information content (AvgIpc) is 2.60. The molecule has 8 nitrogen and oxygen atoms in total. The summed E-state index contributed by atoms with van der Waals surface area (Å²) in [5.41, 5.74) is 0.550. The number of hydrogen-bond acceptors (Lipinski definition) is 6. The van der Waals surface area contributed by atoms with Crippen molar-refractivity contribution in [2.75, 3.05) is 12.8 Å². The van der Waals surface area contributed by atoms with Crippen molar-refractivity contribution in [3.63, 3.8) is 0 Å². The summed E-state index contributed by atoms with van der Waals surface area (Å²) >= 11 is 1.38. The third kappa shape index (κ3) is 5.04. The maximum atomic E-state index is 12.3. The minimum atomic E-state index is -3.74. The van der Waals surface area contributed by atoms with Crippen molar-refractivity contribution in [1.82, 2.24) is 5.32 Å². The first-order chi connectivity index (χ1) is 12.2. The maximum absolute atomic E-state index is 12.3. The number of primary sulfonamides is 1. The summed E-state index contributed by atoms with van der Waals surface area (Å²) in [4.78, 5) is 23.6. The van der Waals surface area contributed by atoms with E-state index in [1.54, 1.807) is 18.2 Å². The number of sulfonamides is 1. The zero-order chi connectivity index (χ0) is 19.3. The molecular formula is C16H17N3O5S2. The molecule has 2 rings (SSSR count). The van der Waals surface area contributed by atoms with Gasteiger partial charge in [-0.15, -0.1) is 11.8 Å². The van der Waals surface area contributed by atoms with Crippen LogP contribution in [0.5, 0.6) is 0 Å². The minimum absolute atomic E-state index is 0.00595. The van der Waals surface area contributed by atoms with Crippen LogP contribution in [0.15, 0.2) is 52.3 Å². The fourth-order valence-corrected chi connectivity index (χ4v) is 3.20. The lowest BCUT2D eigenvalue weighted by atomic mass is 10.1. The highest BCUT2D eigenvalue weighted by Crippen LogP contribution is 2.24. The summed E-state index contributed by atoms with van der Waals surface area (Å²) in [5, 5.41) is 18.8. The molecule has 0 aliphatic heterocycles. The molecule has 0 aromatic heterocycles. The molecule has 0 radical (unpaired) electrons. The quantitative estimate of drug-likeness (QED) is 0.418. The number of nitrogens with two attached hydrogens (primary N) is 1. The molecule has 0 atom stereocenters. The van der Waals surface area contributed by atoms with Gasteiger partial charge in [0.2, 0.25) is 10.0 Å². The second kappa shape index (κ2) is 8.30. The smallest absolute Gasteiger partial charge is 0.282 e. The van der Waals surface area contributed by atoms with Crippen molar-refractivity contribution in [3.05, 3.63) is 63.7 Å². The highest BCUT2D eigenvalue weighted by molar-refractivity contribution is 7.98. The lowest BCUT2D eigenvalue weighted by Gasteiger charge is -2.08. The number of amides is 1. The first kappa shape index (κ1) is 19.9. The highest BCUT2D eigenvalue weighted by Gasteiger charge is 2.20. The Kier molecular flexibility index (Phi) is 6.35. The molecule has 0 saturated heterocycles. The topological polar surface area (TPSA) is 132 Å². The van der Waals surface area contributed by atoms with Crippen molar-refractivity contribution in [2.45, 2.75) is 16.2 Å². The molecule has 138 valence electrons. The van der Waals surface area contributed by atoms with Gasteiger partial charge in [0.25, 0.3) is 11.6 Å². The number of benzene rings is 2. The van der Waals surface area contributed by atoms with E-state index in [-0.39, 0.29) is 22.7 Å². The number of thioether (sulfide) groups is 1. The van der Waals surface area contributed by atoms with Gasteiger partial charge in [-0.05, 0) is 42.5 Å². The van der Waals surface area contributed by atoms with Gasteiger partial charge in [-0.1, -0.05) is 12.1 Å². The van der Waals surface area contributed by atoms with Crippen molar-refractivity contribution in [3.8, 4) is 0 Å². The van der Waals surface area contributed by atoms with Crippen LogP contribution < -0.4 is 10.5 Å². The summed E-state index contributed by atoms with van der Waals surface area (Å²) in [7, 11) is -3.74. The van der Waals surface area contributed by atoms with E-state index in [9.17, 15) is 23.3 Å². The Morgan fingerprint density at radius 3 is 2.42 bits per heavy atom. The Bertz CT molecular complexity index is 927. The minimum Gasteiger partial charge on any atom is -0.351 e. The first-order valence-electron chi connectivity index (χ1n) is 7.44. The van der Waals surface area contributed by atoms with E-state index >= 15 is 0 Å². The van der Waals surface area contributed by atoms with Gasteiger partial charge in [-0.3, -0.25) is 14.9 Å². The van der Waals surface area contributed by atoms with E-state index in [1.807, 2.05) is 6.26 Å². The average molecular weight is 395 g/mol. The fourth-order valence-electron chi connectivity index (χ4n) is 2.24. The van der Waals surface area contributed by atoms with Crippen molar-refractivity contribution < 1.29 is 18.1 Å². The predicted octanol–water partition coefficient (Wildman–Crippen LogP) is 1.94. The molecule has 2 aromatic carbocycles. The first-order valence-corrected chi connectivity index (χ1v) is 10.2. The van der Waals surface area contributed by atoms with Crippen LogP contribution in [-0.2, 0) is 16.4 Å².